The topological polar surface area (TPSA) is 35.6 Å². The predicted molar refractivity (Wildman–Crippen MR) is 82.4 cm³/mol. The average Bonchev–Trinajstić information content (AvgIpc) is 2.69. The maximum absolute atomic E-state index is 12.3. The monoisotopic (exact) mass is 345 g/mol. The second-order valence-corrected chi connectivity index (χ2v) is 7.39. The number of rotatable bonds is 6. The standard InChI is InChI=1S/C13H20BrN3OS/c1-3-17(8-11-4-5-12(14)19-11)13(18)9-16(2)10-6-15-7-10/h4-5,10,15H,3,6-9H2,1-2H3. The van der Waals surface area contributed by atoms with Crippen LogP contribution in [0.4, 0.5) is 0 Å². The van der Waals surface area contributed by atoms with Crippen molar-refractivity contribution in [2.45, 2.75) is 19.5 Å². The van der Waals surface area contributed by atoms with Crippen LogP contribution in [0.3, 0.4) is 0 Å². The van der Waals surface area contributed by atoms with Gasteiger partial charge in [0.15, 0.2) is 0 Å². The van der Waals surface area contributed by atoms with Crippen LogP contribution in [0.15, 0.2) is 15.9 Å². The molecule has 1 amide bonds. The Bertz CT molecular complexity index is 433. The van der Waals surface area contributed by atoms with Crippen LogP contribution in [0.5, 0.6) is 0 Å². The summed E-state index contributed by atoms with van der Waals surface area (Å²) in [5, 5.41) is 3.23. The van der Waals surface area contributed by atoms with Crippen LogP contribution in [0.1, 0.15) is 11.8 Å². The summed E-state index contributed by atoms with van der Waals surface area (Å²) in [4.78, 5) is 17.6. The van der Waals surface area contributed by atoms with Gasteiger partial charge in [-0.05, 0) is 42.0 Å². The van der Waals surface area contributed by atoms with Crippen LogP contribution < -0.4 is 5.32 Å². The Morgan fingerprint density at radius 1 is 1.53 bits per heavy atom. The molecule has 0 radical (unpaired) electrons. The third kappa shape index (κ3) is 4.02. The van der Waals surface area contributed by atoms with Gasteiger partial charge in [-0.15, -0.1) is 11.3 Å². The molecule has 1 aliphatic heterocycles. The fourth-order valence-corrected chi connectivity index (χ4v) is 3.53. The van der Waals surface area contributed by atoms with Gasteiger partial charge in [0.2, 0.25) is 5.91 Å². The van der Waals surface area contributed by atoms with Crippen LogP contribution in [-0.4, -0.2) is 55.0 Å². The molecule has 19 heavy (non-hydrogen) atoms. The maximum atomic E-state index is 12.3. The summed E-state index contributed by atoms with van der Waals surface area (Å²) in [5.41, 5.74) is 0. The number of carbonyl (C=O) groups excluding carboxylic acids is 1. The molecular weight excluding hydrogens is 326 g/mol. The number of nitrogens with zero attached hydrogens (tertiary/aromatic N) is 2. The summed E-state index contributed by atoms with van der Waals surface area (Å²) in [6, 6.07) is 4.62. The number of amides is 1. The second-order valence-electron chi connectivity index (χ2n) is 4.84. The molecule has 0 aromatic carbocycles. The molecule has 1 aliphatic rings. The van der Waals surface area contributed by atoms with Crippen molar-refractivity contribution in [1.29, 1.82) is 0 Å². The van der Waals surface area contributed by atoms with E-state index in [1.54, 1.807) is 11.3 Å². The molecule has 0 bridgehead atoms. The van der Waals surface area contributed by atoms with Crippen LogP contribution in [0.25, 0.3) is 0 Å². The molecular formula is C13H20BrN3OS. The fourth-order valence-electron chi connectivity index (χ4n) is 2.03. The van der Waals surface area contributed by atoms with Crippen molar-refractivity contribution in [3.63, 3.8) is 0 Å². The Morgan fingerprint density at radius 2 is 2.26 bits per heavy atom. The van der Waals surface area contributed by atoms with Crippen LogP contribution >= 0.6 is 27.3 Å². The molecule has 0 unspecified atom stereocenters. The number of hydrogen-bond acceptors (Lipinski definition) is 4. The number of thiophene rings is 1. The molecule has 2 heterocycles. The van der Waals surface area contributed by atoms with E-state index in [0.717, 1.165) is 23.4 Å². The first-order chi connectivity index (χ1) is 9.10. The normalized spacial score (nSPS) is 15.6. The van der Waals surface area contributed by atoms with Gasteiger partial charge in [-0.1, -0.05) is 0 Å². The average molecular weight is 346 g/mol. The van der Waals surface area contributed by atoms with E-state index in [-0.39, 0.29) is 5.91 Å². The zero-order chi connectivity index (χ0) is 13.8. The quantitative estimate of drug-likeness (QED) is 0.853. The first-order valence-electron chi connectivity index (χ1n) is 6.53. The van der Waals surface area contributed by atoms with Crippen molar-refractivity contribution < 1.29 is 4.79 Å². The zero-order valence-corrected chi connectivity index (χ0v) is 13.8. The van der Waals surface area contributed by atoms with Crippen molar-refractivity contribution in [3.8, 4) is 0 Å². The van der Waals surface area contributed by atoms with E-state index in [4.69, 9.17) is 0 Å². The van der Waals surface area contributed by atoms with E-state index in [2.05, 4.69) is 32.2 Å². The minimum atomic E-state index is 0.210. The Labute approximate surface area is 126 Å². The van der Waals surface area contributed by atoms with E-state index in [0.29, 0.717) is 19.1 Å². The number of likely N-dealkylation sites (N-methyl/N-ethyl adjacent to an activating group) is 2. The zero-order valence-electron chi connectivity index (χ0n) is 11.4. The molecule has 1 fully saturated rings. The summed E-state index contributed by atoms with van der Waals surface area (Å²) in [5.74, 6) is 0.210. The third-order valence-electron chi connectivity index (χ3n) is 3.48. The smallest absolute Gasteiger partial charge is 0.237 e. The van der Waals surface area contributed by atoms with Gasteiger partial charge in [-0.25, -0.2) is 0 Å². The number of nitrogens with one attached hydrogen (secondary N) is 1. The summed E-state index contributed by atoms with van der Waals surface area (Å²) < 4.78 is 1.11. The molecule has 0 saturated carbocycles. The highest BCUT2D eigenvalue weighted by Crippen LogP contribution is 2.23. The van der Waals surface area contributed by atoms with Gasteiger partial charge in [-0.3, -0.25) is 9.69 Å². The molecule has 1 aromatic heterocycles. The van der Waals surface area contributed by atoms with E-state index < -0.39 is 0 Å². The molecule has 2 rings (SSSR count). The van der Waals surface area contributed by atoms with Crippen molar-refractivity contribution >= 4 is 33.2 Å². The van der Waals surface area contributed by atoms with Crippen LogP contribution in [0.2, 0.25) is 0 Å². The van der Waals surface area contributed by atoms with Crippen molar-refractivity contribution in [2.75, 3.05) is 33.2 Å². The number of hydrogen-bond donors (Lipinski definition) is 1. The third-order valence-corrected chi connectivity index (χ3v) is 5.09. The number of halogens is 1. The fraction of sp³-hybridized carbons (Fsp3) is 0.615. The lowest BCUT2D eigenvalue weighted by Gasteiger charge is -2.36. The lowest BCUT2D eigenvalue weighted by molar-refractivity contribution is -0.133. The predicted octanol–water partition coefficient (Wildman–Crippen LogP) is 1.76. The summed E-state index contributed by atoms with van der Waals surface area (Å²) in [7, 11) is 2.03. The first kappa shape index (κ1) is 15.0. The lowest BCUT2D eigenvalue weighted by Crippen LogP contribution is -2.57. The molecule has 6 heteroatoms. The second kappa shape index (κ2) is 6.83. The maximum Gasteiger partial charge on any atom is 0.237 e. The number of carbonyl (C=O) groups is 1. The van der Waals surface area contributed by atoms with Gasteiger partial charge < -0.3 is 10.2 Å². The van der Waals surface area contributed by atoms with Crippen molar-refractivity contribution in [3.05, 3.63) is 20.8 Å². The largest absolute Gasteiger partial charge is 0.337 e. The first-order valence-corrected chi connectivity index (χ1v) is 8.14. The Hall–Kier alpha value is -0.430. The van der Waals surface area contributed by atoms with E-state index in [1.165, 1.54) is 4.88 Å². The molecule has 0 spiro atoms. The summed E-state index contributed by atoms with van der Waals surface area (Å²) in [6.45, 7) is 5.99. The van der Waals surface area contributed by atoms with Gasteiger partial charge in [0.25, 0.3) is 0 Å². The van der Waals surface area contributed by atoms with Gasteiger partial charge >= 0.3 is 0 Å². The molecule has 0 aliphatic carbocycles. The molecule has 1 N–H and O–H groups in total. The highest BCUT2D eigenvalue weighted by Gasteiger charge is 2.24. The molecule has 1 saturated heterocycles. The molecule has 1 aromatic rings. The Morgan fingerprint density at radius 3 is 2.74 bits per heavy atom. The minimum Gasteiger partial charge on any atom is -0.337 e. The highest BCUT2D eigenvalue weighted by atomic mass is 79.9. The van der Waals surface area contributed by atoms with E-state index in [1.807, 2.05) is 24.9 Å². The summed E-state index contributed by atoms with van der Waals surface area (Å²) >= 11 is 5.15. The van der Waals surface area contributed by atoms with Gasteiger partial charge in [0.05, 0.1) is 16.9 Å². The van der Waals surface area contributed by atoms with Crippen molar-refractivity contribution in [1.82, 2.24) is 15.1 Å². The van der Waals surface area contributed by atoms with Gasteiger partial charge in [0.1, 0.15) is 0 Å². The van der Waals surface area contributed by atoms with E-state index >= 15 is 0 Å². The molecule has 0 atom stereocenters. The molecule has 4 nitrogen and oxygen atoms in total. The minimum absolute atomic E-state index is 0.210. The summed E-state index contributed by atoms with van der Waals surface area (Å²) in [6.07, 6.45) is 0. The van der Waals surface area contributed by atoms with Crippen LogP contribution in [0, 0.1) is 0 Å². The van der Waals surface area contributed by atoms with Gasteiger partial charge in [0, 0.05) is 30.6 Å². The van der Waals surface area contributed by atoms with Gasteiger partial charge in [-0.2, -0.15) is 0 Å². The Balaban J connectivity index is 1.87. The lowest BCUT2D eigenvalue weighted by atomic mass is 10.1. The highest BCUT2D eigenvalue weighted by molar-refractivity contribution is 9.11. The SMILES string of the molecule is CCN(Cc1ccc(Br)s1)C(=O)CN(C)C1CNC1. The Kier molecular flexibility index (Phi) is 5.38. The van der Waals surface area contributed by atoms with Crippen molar-refractivity contribution in [2.24, 2.45) is 0 Å². The van der Waals surface area contributed by atoms with E-state index in [9.17, 15) is 4.79 Å². The molecule has 106 valence electrons. The van der Waals surface area contributed by atoms with Crippen LogP contribution in [-0.2, 0) is 11.3 Å².